The van der Waals surface area contributed by atoms with Crippen molar-refractivity contribution in [3.63, 3.8) is 0 Å². The van der Waals surface area contributed by atoms with Crippen molar-refractivity contribution in [1.82, 2.24) is 15.1 Å². The Balaban J connectivity index is 1.96. The van der Waals surface area contributed by atoms with E-state index < -0.39 is 24.2 Å². The second-order valence-electron chi connectivity index (χ2n) is 6.53. The second kappa shape index (κ2) is 6.83. The molecule has 1 aliphatic rings. The first-order chi connectivity index (χ1) is 12.1. The molecule has 1 aromatic carbocycles. The van der Waals surface area contributed by atoms with Crippen molar-refractivity contribution in [2.75, 3.05) is 5.32 Å². The predicted molar refractivity (Wildman–Crippen MR) is 92.4 cm³/mol. The van der Waals surface area contributed by atoms with E-state index in [9.17, 15) is 18.0 Å². The number of hydrogen-bond donors (Lipinski definition) is 2. The predicted octanol–water partition coefficient (Wildman–Crippen LogP) is 4.34. The quantitative estimate of drug-likeness (QED) is 0.825. The summed E-state index contributed by atoms with van der Waals surface area (Å²) in [5, 5.41) is 10.1. The van der Waals surface area contributed by atoms with Gasteiger partial charge in [-0.05, 0) is 31.5 Å². The molecule has 2 aromatic rings. The zero-order valence-corrected chi connectivity index (χ0v) is 14.9. The molecule has 0 radical (unpaired) electrons. The number of alkyl halides is 3. The smallest absolute Gasteiger partial charge is 0.363 e. The maximum absolute atomic E-state index is 13.6. The first-order valence-electron chi connectivity index (χ1n) is 8.14. The van der Waals surface area contributed by atoms with Crippen LogP contribution in [0.3, 0.4) is 0 Å². The number of carbonyl (C=O) groups is 1. The highest BCUT2D eigenvalue weighted by atomic mass is 35.5. The molecule has 1 amide bonds. The number of fused-ring (bicyclic) bond motifs is 1. The minimum absolute atomic E-state index is 0.0489. The van der Waals surface area contributed by atoms with Crippen molar-refractivity contribution in [1.29, 1.82) is 0 Å². The van der Waals surface area contributed by atoms with E-state index in [0.717, 1.165) is 4.68 Å². The van der Waals surface area contributed by atoms with Crippen LogP contribution in [0.1, 0.15) is 48.4 Å². The van der Waals surface area contributed by atoms with E-state index in [1.54, 1.807) is 38.1 Å². The summed E-state index contributed by atoms with van der Waals surface area (Å²) in [4.78, 5) is 12.1. The molecule has 140 valence electrons. The van der Waals surface area contributed by atoms with E-state index in [4.69, 9.17) is 11.6 Å². The Morgan fingerprint density at radius 2 is 2.00 bits per heavy atom. The van der Waals surface area contributed by atoms with Crippen molar-refractivity contribution in [3.8, 4) is 0 Å². The normalized spacial score (nSPS) is 19.8. The van der Waals surface area contributed by atoms with Gasteiger partial charge in [-0.25, -0.2) is 4.68 Å². The van der Waals surface area contributed by atoms with E-state index >= 15 is 0 Å². The van der Waals surface area contributed by atoms with Gasteiger partial charge in [0.15, 0.2) is 11.7 Å². The molecule has 0 saturated heterocycles. The highest BCUT2D eigenvalue weighted by molar-refractivity contribution is 6.30. The van der Waals surface area contributed by atoms with Crippen LogP contribution in [0.5, 0.6) is 0 Å². The highest BCUT2D eigenvalue weighted by Crippen LogP contribution is 2.43. The topological polar surface area (TPSA) is 59.0 Å². The van der Waals surface area contributed by atoms with Crippen LogP contribution in [0.2, 0.25) is 5.02 Å². The number of halogens is 4. The van der Waals surface area contributed by atoms with Crippen LogP contribution in [-0.2, 0) is 0 Å². The molecule has 26 heavy (non-hydrogen) atoms. The van der Waals surface area contributed by atoms with Gasteiger partial charge in [0.05, 0.1) is 6.04 Å². The van der Waals surface area contributed by atoms with Gasteiger partial charge in [-0.1, -0.05) is 23.7 Å². The fourth-order valence-electron chi connectivity index (χ4n) is 2.93. The van der Waals surface area contributed by atoms with Crippen LogP contribution in [0, 0.1) is 0 Å². The molecule has 5 nitrogen and oxygen atoms in total. The Kier molecular flexibility index (Phi) is 4.88. The molecule has 2 heterocycles. The molecular weight excluding hydrogens is 369 g/mol. The van der Waals surface area contributed by atoms with Crippen molar-refractivity contribution < 1.29 is 18.0 Å². The van der Waals surface area contributed by atoms with Crippen LogP contribution in [0.25, 0.3) is 0 Å². The Morgan fingerprint density at radius 3 is 2.58 bits per heavy atom. The minimum atomic E-state index is -4.49. The average molecular weight is 387 g/mol. The summed E-state index contributed by atoms with van der Waals surface area (Å²) in [6, 6.07) is 5.46. The Hall–Kier alpha value is -2.22. The summed E-state index contributed by atoms with van der Waals surface area (Å²) < 4.78 is 41.6. The summed E-state index contributed by atoms with van der Waals surface area (Å²) in [7, 11) is 0. The third-order valence-corrected chi connectivity index (χ3v) is 4.37. The standard InChI is InChI=1S/C17H18ClF3N4O/c1-9(2)22-16(26)13-8-15-23-12(10-3-5-11(18)6-4-10)7-14(17(19,20)21)25(15)24-13/h3-6,8-9,12,14,23H,7H2,1-2H3,(H,22,26)/t12-,14+/m1/s1. The first kappa shape index (κ1) is 18.6. The number of aromatic nitrogens is 2. The Bertz CT molecular complexity index is 801. The van der Waals surface area contributed by atoms with Gasteiger partial charge in [0.25, 0.3) is 5.91 Å². The summed E-state index contributed by atoms with van der Waals surface area (Å²) in [6.45, 7) is 3.53. The summed E-state index contributed by atoms with van der Waals surface area (Å²) in [5.74, 6) is -0.347. The van der Waals surface area contributed by atoms with Gasteiger partial charge in [0.1, 0.15) is 5.82 Å². The number of hydrogen-bond acceptors (Lipinski definition) is 3. The molecule has 1 aromatic heterocycles. The number of amides is 1. The summed E-state index contributed by atoms with van der Waals surface area (Å²) >= 11 is 5.85. The number of rotatable bonds is 3. The lowest BCUT2D eigenvalue weighted by Crippen LogP contribution is -2.36. The minimum Gasteiger partial charge on any atom is -0.363 e. The Labute approximate surface area is 153 Å². The van der Waals surface area contributed by atoms with Crippen LogP contribution in [0.4, 0.5) is 19.0 Å². The van der Waals surface area contributed by atoms with Gasteiger partial charge in [-0.15, -0.1) is 0 Å². The SMILES string of the molecule is CC(C)NC(=O)c1cc2n(n1)[C@H](C(F)(F)F)C[C@H](c1ccc(Cl)cc1)N2. The molecule has 9 heteroatoms. The zero-order chi connectivity index (χ0) is 19.1. The molecule has 2 atom stereocenters. The summed E-state index contributed by atoms with van der Waals surface area (Å²) in [6.07, 6.45) is -4.72. The van der Waals surface area contributed by atoms with E-state index in [1.165, 1.54) is 6.07 Å². The van der Waals surface area contributed by atoms with Crippen molar-refractivity contribution in [2.45, 2.75) is 44.6 Å². The van der Waals surface area contributed by atoms with Gasteiger partial charge >= 0.3 is 6.18 Å². The number of nitrogens with zero attached hydrogens (tertiary/aromatic N) is 2. The highest BCUT2D eigenvalue weighted by Gasteiger charge is 2.46. The van der Waals surface area contributed by atoms with Crippen molar-refractivity contribution >= 4 is 23.3 Å². The lowest BCUT2D eigenvalue weighted by molar-refractivity contribution is -0.173. The lowest BCUT2D eigenvalue weighted by Gasteiger charge is -2.33. The molecule has 0 aliphatic carbocycles. The lowest BCUT2D eigenvalue weighted by atomic mass is 9.97. The zero-order valence-electron chi connectivity index (χ0n) is 14.1. The first-order valence-corrected chi connectivity index (χ1v) is 8.52. The molecule has 3 rings (SSSR count). The maximum Gasteiger partial charge on any atom is 0.410 e. The van der Waals surface area contributed by atoms with Gasteiger partial charge in [-0.3, -0.25) is 4.79 Å². The average Bonchev–Trinajstić information content (AvgIpc) is 2.97. The fraction of sp³-hybridized carbons (Fsp3) is 0.412. The monoisotopic (exact) mass is 386 g/mol. The van der Waals surface area contributed by atoms with Crippen LogP contribution in [-0.4, -0.2) is 27.9 Å². The van der Waals surface area contributed by atoms with E-state index in [2.05, 4.69) is 15.7 Å². The molecule has 0 bridgehead atoms. The fourth-order valence-corrected chi connectivity index (χ4v) is 3.06. The molecule has 0 fully saturated rings. The van der Waals surface area contributed by atoms with E-state index in [-0.39, 0.29) is 24.0 Å². The van der Waals surface area contributed by atoms with E-state index in [0.29, 0.717) is 10.6 Å². The van der Waals surface area contributed by atoms with Crippen molar-refractivity contribution in [3.05, 3.63) is 46.6 Å². The molecule has 0 saturated carbocycles. The Morgan fingerprint density at radius 1 is 1.35 bits per heavy atom. The molecule has 0 unspecified atom stereocenters. The van der Waals surface area contributed by atoms with Gasteiger partial charge in [0.2, 0.25) is 0 Å². The number of nitrogens with one attached hydrogen (secondary N) is 2. The van der Waals surface area contributed by atoms with Crippen LogP contribution >= 0.6 is 11.6 Å². The third-order valence-electron chi connectivity index (χ3n) is 4.11. The van der Waals surface area contributed by atoms with E-state index in [1.807, 2.05) is 0 Å². The summed E-state index contributed by atoms with van der Waals surface area (Å²) in [5.41, 5.74) is 0.636. The number of carbonyl (C=O) groups excluding carboxylic acids is 1. The number of anilines is 1. The molecule has 0 spiro atoms. The van der Waals surface area contributed by atoms with Crippen LogP contribution < -0.4 is 10.6 Å². The number of benzene rings is 1. The maximum atomic E-state index is 13.6. The molecule has 1 aliphatic heterocycles. The molecule has 2 N–H and O–H groups in total. The van der Waals surface area contributed by atoms with Gasteiger partial charge < -0.3 is 10.6 Å². The van der Waals surface area contributed by atoms with Crippen molar-refractivity contribution in [2.24, 2.45) is 0 Å². The molecular formula is C17H18ClF3N4O. The largest absolute Gasteiger partial charge is 0.410 e. The third kappa shape index (κ3) is 3.80. The van der Waals surface area contributed by atoms with Gasteiger partial charge in [-0.2, -0.15) is 18.3 Å². The second-order valence-corrected chi connectivity index (χ2v) is 6.97. The van der Waals surface area contributed by atoms with Crippen LogP contribution in [0.15, 0.2) is 30.3 Å². The van der Waals surface area contributed by atoms with Gasteiger partial charge in [0, 0.05) is 23.6 Å².